The Morgan fingerprint density at radius 1 is 0.865 bits per heavy atom. The Bertz CT molecular complexity index is 950. The molecule has 0 aliphatic rings. The van der Waals surface area contributed by atoms with Gasteiger partial charge >= 0.3 is 5.97 Å². The Balaban J connectivity index is 2.80. The van der Waals surface area contributed by atoms with Crippen LogP contribution in [0.1, 0.15) is 71.7 Å². The lowest BCUT2D eigenvalue weighted by Crippen LogP contribution is -2.54. The summed E-state index contributed by atoms with van der Waals surface area (Å²) in [4.78, 5) is 13.6. The average Bonchev–Trinajstić information content (AvgIpc) is 2.90. The molecule has 0 aliphatic heterocycles. The number of carbonyl (C=O) groups excluding carboxylic acids is 1. The van der Waals surface area contributed by atoms with E-state index < -0.39 is 28.8 Å². The summed E-state index contributed by atoms with van der Waals surface area (Å²) in [7, 11) is -3.03. The summed E-state index contributed by atoms with van der Waals surface area (Å²) >= 11 is 0. The van der Waals surface area contributed by atoms with Crippen molar-refractivity contribution in [2.24, 2.45) is 0 Å². The molecule has 0 heterocycles. The zero-order valence-electron chi connectivity index (χ0n) is 24.7. The van der Waals surface area contributed by atoms with Crippen molar-refractivity contribution < 1.29 is 18.5 Å². The van der Waals surface area contributed by atoms with Gasteiger partial charge in [0.15, 0.2) is 14.4 Å². The van der Waals surface area contributed by atoms with Gasteiger partial charge in [-0.15, -0.1) is 0 Å². The predicted octanol–water partition coefficient (Wildman–Crippen LogP) is 8.29. The molecule has 206 valence electrons. The molecule has 0 saturated carbocycles. The maximum absolute atomic E-state index is 13.6. The molecule has 5 nitrogen and oxygen atoms in total. The fourth-order valence-electron chi connectivity index (χ4n) is 4.39. The molecule has 0 radical (unpaired) electrons. The van der Waals surface area contributed by atoms with Gasteiger partial charge in [0.2, 0.25) is 8.32 Å². The first kappa shape index (κ1) is 31.4. The molecule has 0 bridgehead atoms. The molecule has 7 heteroatoms. The van der Waals surface area contributed by atoms with Crippen LogP contribution >= 0.6 is 0 Å². The largest absolute Gasteiger partial charge is 0.467 e. The Kier molecular flexibility index (Phi) is 11.3. The number of hydrogen-bond donors (Lipinski definition) is 0. The molecule has 0 fully saturated rings. The summed E-state index contributed by atoms with van der Waals surface area (Å²) in [6, 6.07) is 22.7. The highest BCUT2D eigenvalue weighted by molar-refractivity contribution is 6.74. The van der Waals surface area contributed by atoms with Gasteiger partial charge in [-0.25, -0.2) is 4.79 Å². The van der Waals surface area contributed by atoms with Crippen LogP contribution in [0.25, 0.3) is 0 Å². The third kappa shape index (κ3) is 7.63. The highest BCUT2D eigenvalue weighted by Crippen LogP contribution is 2.43. The maximum Gasteiger partial charge on any atom is 0.335 e. The molecule has 0 aliphatic carbocycles. The van der Waals surface area contributed by atoms with E-state index in [2.05, 4.69) is 90.9 Å². The van der Waals surface area contributed by atoms with Crippen molar-refractivity contribution in [3.05, 3.63) is 71.8 Å². The van der Waals surface area contributed by atoms with Crippen LogP contribution in [0.2, 0.25) is 36.3 Å². The zero-order valence-corrected chi connectivity index (χ0v) is 26.7. The Morgan fingerprint density at radius 3 is 1.73 bits per heavy atom. The van der Waals surface area contributed by atoms with Crippen molar-refractivity contribution in [1.82, 2.24) is 5.06 Å². The lowest BCUT2D eigenvalue weighted by molar-refractivity contribution is -0.184. The summed E-state index contributed by atoms with van der Waals surface area (Å²) < 4.78 is 19.5. The van der Waals surface area contributed by atoms with E-state index in [-0.39, 0.29) is 17.0 Å². The molecule has 2 aromatic carbocycles. The number of nitrogens with zero attached hydrogens (tertiary/aromatic N) is 1. The minimum absolute atomic E-state index is 0.0285. The molecule has 37 heavy (non-hydrogen) atoms. The van der Waals surface area contributed by atoms with Crippen LogP contribution in [0.4, 0.5) is 0 Å². The van der Waals surface area contributed by atoms with Crippen LogP contribution in [0.15, 0.2) is 60.7 Å². The summed E-state index contributed by atoms with van der Waals surface area (Å²) in [6.07, 6.45) is -0.810. The quantitative estimate of drug-likeness (QED) is 0.144. The van der Waals surface area contributed by atoms with Crippen LogP contribution in [0.5, 0.6) is 0 Å². The van der Waals surface area contributed by atoms with Crippen LogP contribution in [-0.2, 0) is 18.5 Å². The van der Waals surface area contributed by atoms with Gasteiger partial charge in [0.1, 0.15) is 0 Å². The first-order chi connectivity index (χ1) is 17.4. The van der Waals surface area contributed by atoms with E-state index in [1.807, 2.05) is 36.4 Å². The van der Waals surface area contributed by atoms with Crippen molar-refractivity contribution in [3.8, 4) is 0 Å². The van der Waals surface area contributed by atoms with Crippen LogP contribution in [0.3, 0.4) is 0 Å². The fourth-order valence-corrected chi connectivity index (χ4v) is 8.22. The van der Waals surface area contributed by atoms with Crippen molar-refractivity contribution in [3.63, 3.8) is 0 Å². The van der Waals surface area contributed by atoms with Gasteiger partial charge in [-0.05, 0) is 54.3 Å². The Morgan fingerprint density at radius 2 is 1.32 bits per heavy atom. The highest BCUT2D eigenvalue weighted by Gasteiger charge is 2.47. The SMILES string of the molecule is CC[Si](CC)(CC)OC(C(=O)OC)C(c1ccccc1)N(O[Si](C)(C)C(C)(C)C)[C@H](C)c1ccccc1. The predicted molar refractivity (Wildman–Crippen MR) is 158 cm³/mol. The normalized spacial score (nSPS) is 15.3. The first-order valence-corrected chi connectivity index (χ1v) is 19.1. The second-order valence-electron chi connectivity index (χ2n) is 11.5. The van der Waals surface area contributed by atoms with Crippen molar-refractivity contribution in [2.75, 3.05) is 7.11 Å². The molecule has 0 N–H and O–H groups in total. The monoisotopic (exact) mass is 543 g/mol. The molecular weight excluding hydrogens is 495 g/mol. The van der Waals surface area contributed by atoms with E-state index in [0.717, 1.165) is 29.3 Å². The smallest absolute Gasteiger partial charge is 0.335 e. The van der Waals surface area contributed by atoms with E-state index in [1.54, 1.807) is 0 Å². The number of esters is 1. The van der Waals surface area contributed by atoms with E-state index in [4.69, 9.17) is 13.7 Å². The molecule has 0 saturated heterocycles. The van der Waals surface area contributed by atoms with Gasteiger partial charge in [0, 0.05) is 0 Å². The molecule has 3 atom stereocenters. The lowest BCUT2D eigenvalue weighted by atomic mass is 9.98. The number of methoxy groups -OCH3 is 1. The van der Waals surface area contributed by atoms with E-state index in [0.29, 0.717) is 0 Å². The summed E-state index contributed by atoms with van der Waals surface area (Å²) in [5, 5.41) is 2.03. The van der Waals surface area contributed by atoms with Crippen molar-refractivity contribution >= 4 is 22.6 Å². The molecule has 0 aromatic heterocycles. The Labute approximate surface area is 227 Å². The zero-order chi connectivity index (χ0) is 27.9. The van der Waals surface area contributed by atoms with E-state index in [9.17, 15) is 4.79 Å². The second-order valence-corrected chi connectivity index (χ2v) is 20.9. The minimum Gasteiger partial charge on any atom is -0.467 e. The minimum atomic E-state index is -2.30. The lowest BCUT2D eigenvalue weighted by Gasteiger charge is -2.47. The van der Waals surface area contributed by atoms with Crippen LogP contribution in [-0.4, -0.2) is 40.9 Å². The summed E-state index contributed by atoms with van der Waals surface area (Å²) in [6.45, 7) is 19.9. The van der Waals surface area contributed by atoms with E-state index >= 15 is 0 Å². The van der Waals surface area contributed by atoms with Crippen molar-refractivity contribution in [1.29, 1.82) is 0 Å². The maximum atomic E-state index is 13.6. The third-order valence-electron chi connectivity index (χ3n) is 8.25. The number of carbonyl (C=O) groups is 1. The molecular formula is C30H49NO4Si2. The fraction of sp³-hybridized carbons (Fsp3) is 0.567. The van der Waals surface area contributed by atoms with Crippen LogP contribution in [0, 0.1) is 0 Å². The third-order valence-corrected chi connectivity index (χ3v) is 17.1. The molecule has 2 aromatic rings. The standard InChI is InChI=1S/C30H49NO4Si2/c1-11-37(12-2,13-3)34-28(29(32)33-8)27(26-22-18-15-19-23-26)31(35-36(9,10)30(5,6)7)24(4)25-20-16-14-17-21-25/h14-24,27-28H,11-13H2,1-10H3/t24-,27?,28?/m1/s1. The number of benzene rings is 2. The topological polar surface area (TPSA) is 48.0 Å². The van der Waals surface area contributed by atoms with Gasteiger partial charge in [-0.1, -0.05) is 102 Å². The first-order valence-electron chi connectivity index (χ1n) is 13.7. The molecule has 2 rings (SSSR count). The van der Waals surface area contributed by atoms with E-state index in [1.165, 1.54) is 7.11 Å². The number of hydrogen-bond acceptors (Lipinski definition) is 5. The molecule has 2 unspecified atom stereocenters. The molecule has 0 spiro atoms. The highest BCUT2D eigenvalue weighted by atomic mass is 28.4. The van der Waals surface area contributed by atoms with Gasteiger partial charge < -0.3 is 13.7 Å². The van der Waals surface area contributed by atoms with Gasteiger partial charge in [-0.2, -0.15) is 5.06 Å². The van der Waals surface area contributed by atoms with Gasteiger partial charge in [0.25, 0.3) is 0 Å². The van der Waals surface area contributed by atoms with Crippen molar-refractivity contribution in [2.45, 2.75) is 103 Å². The van der Waals surface area contributed by atoms with Gasteiger partial charge in [0.05, 0.1) is 19.2 Å². The second kappa shape index (κ2) is 13.3. The number of rotatable bonds is 13. The number of hydroxylamine groups is 2. The summed E-state index contributed by atoms with van der Waals surface area (Å²) in [5.74, 6) is -0.356. The molecule has 0 amide bonds. The summed E-state index contributed by atoms with van der Waals surface area (Å²) in [5.41, 5.74) is 2.10. The average molecular weight is 544 g/mol. The van der Waals surface area contributed by atoms with Crippen LogP contribution < -0.4 is 0 Å². The number of ether oxygens (including phenoxy) is 1. The van der Waals surface area contributed by atoms with Gasteiger partial charge in [-0.3, -0.25) is 0 Å². The Hall–Kier alpha value is -1.78.